The van der Waals surface area contributed by atoms with E-state index >= 15 is 0 Å². The van der Waals surface area contributed by atoms with E-state index in [0.717, 1.165) is 0 Å². The Kier molecular flexibility index (Phi) is 3.11. The zero-order chi connectivity index (χ0) is 12.4. The van der Waals surface area contributed by atoms with Crippen molar-refractivity contribution >= 4 is 23.5 Å². The SMILES string of the molecule is CN1c2ccccc2S[C@@H]1/C=C\c1ccccc1. The summed E-state index contributed by atoms with van der Waals surface area (Å²) in [5.74, 6) is 0. The number of thioether (sulfide) groups is 1. The van der Waals surface area contributed by atoms with Crippen molar-refractivity contribution in [3.8, 4) is 0 Å². The van der Waals surface area contributed by atoms with E-state index in [9.17, 15) is 0 Å². The Morgan fingerprint density at radius 2 is 1.72 bits per heavy atom. The van der Waals surface area contributed by atoms with E-state index in [2.05, 4.69) is 72.6 Å². The molecule has 0 bridgehead atoms. The number of fused-ring (bicyclic) bond motifs is 1. The van der Waals surface area contributed by atoms with Crippen LogP contribution in [0.5, 0.6) is 0 Å². The molecule has 0 aromatic heterocycles. The molecule has 1 nitrogen and oxygen atoms in total. The van der Waals surface area contributed by atoms with Crippen LogP contribution in [0.15, 0.2) is 65.6 Å². The van der Waals surface area contributed by atoms with Gasteiger partial charge in [0.05, 0.1) is 11.1 Å². The molecule has 2 aromatic carbocycles. The summed E-state index contributed by atoms with van der Waals surface area (Å²) in [4.78, 5) is 3.68. The van der Waals surface area contributed by atoms with Crippen molar-refractivity contribution in [2.24, 2.45) is 0 Å². The van der Waals surface area contributed by atoms with Crippen molar-refractivity contribution in [1.82, 2.24) is 0 Å². The monoisotopic (exact) mass is 253 g/mol. The highest BCUT2D eigenvalue weighted by Gasteiger charge is 2.24. The average Bonchev–Trinajstić information content (AvgIpc) is 2.75. The Hall–Kier alpha value is -1.67. The highest BCUT2D eigenvalue weighted by atomic mass is 32.2. The number of likely N-dealkylation sites (N-methyl/N-ethyl adjacent to an activating group) is 1. The van der Waals surface area contributed by atoms with Gasteiger partial charge in [0, 0.05) is 11.9 Å². The van der Waals surface area contributed by atoms with Crippen molar-refractivity contribution in [3.63, 3.8) is 0 Å². The summed E-state index contributed by atoms with van der Waals surface area (Å²) in [6, 6.07) is 19.0. The van der Waals surface area contributed by atoms with Gasteiger partial charge >= 0.3 is 0 Å². The fraction of sp³-hybridized carbons (Fsp3) is 0.125. The van der Waals surface area contributed by atoms with E-state index in [4.69, 9.17) is 0 Å². The van der Waals surface area contributed by atoms with Crippen molar-refractivity contribution in [2.45, 2.75) is 10.3 Å². The Morgan fingerprint density at radius 1 is 1.00 bits per heavy atom. The normalized spacial score (nSPS) is 18.3. The predicted molar refractivity (Wildman–Crippen MR) is 80.0 cm³/mol. The minimum Gasteiger partial charge on any atom is -0.358 e. The molecule has 1 atom stereocenters. The number of rotatable bonds is 2. The topological polar surface area (TPSA) is 3.24 Å². The maximum absolute atomic E-state index is 2.32. The van der Waals surface area contributed by atoms with Crippen LogP contribution in [0.25, 0.3) is 6.08 Å². The van der Waals surface area contributed by atoms with E-state index in [-0.39, 0.29) is 0 Å². The van der Waals surface area contributed by atoms with Gasteiger partial charge in [0.1, 0.15) is 0 Å². The van der Waals surface area contributed by atoms with Crippen LogP contribution in [0.2, 0.25) is 0 Å². The highest BCUT2D eigenvalue weighted by molar-refractivity contribution is 8.00. The van der Waals surface area contributed by atoms with E-state index in [1.54, 1.807) is 0 Å². The van der Waals surface area contributed by atoms with Crippen molar-refractivity contribution in [2.75, 3.05) is 11.9 Å². The lowest BCUT2D eigenvalue weighted by molar-refractivity contribution is 0.993. The van der Waals surface area contributed by atoms with E-state index in [1.807, 2.05) is 17.8 Å². The zero-order valence-corrected chi connectivity index (χ0v) is 11.1. The molecule has 0 aliphatic carbocycles. The van der Waals surface area contributed by atoms with E-state index < -0.39 is 0 Å². The van der Waals surface area contributed by atoms with Gasteiger partial charge in [-0.1, -0.05) is 66.4 Å². The third-order valence-corrected chi connectivity index (χ3v) is 4.44. The molecule has 0 spiro atoms. The number of hydrogen-bond donors (Lipinski definition) is 0. The van der Waals surface area contributed by atoms with Gasteiger partial charge in [-0.25, -0.2) is 0 Å². The molecule has 0 fully saturated rings. The number of nitrogens with zero attached hydrogens (tertiary/aromatic N) is 1. The lowest BCUT2D eigenvalue weighted by atomic mass is 10.2. The highest BCUT2D eigenvalue weighted by Crippen LogP contribution is 2.42. The summed E-state index contributed by atoms with van der Waals surface area (Å²) in [6.45, 7) is 0. The van der Waals surface area contributed by atoms with Crippen LogP contribution >= 0.6 is 11.8 Å². The van der Waals surface area contributed by atoms with Gasteiger partial charge < -0.3 is 4.90 Å². The summed E-state index contributed by atoms with van der Waals surface area (Å²) >= 11 is 1.90. The molecule has 0 unspecified atom stereocenters. The molecule has 1 aliphatic rings. The predicted octanol–water partition coefficient (Wildman–Crippen LogP) is 4.27. The molecule has 3 rings (SSSR count). The molecule has 0 saturated heterocycles. The first kappa shape index (κ1) is 11.4. The van der Waals surface area contributed by atoms with Gasteiger partial charge in [-0.05, 0) is 17.7 Å². The van der Waals surface area contributed by atoms with E-state index in [1.165, 1.54) is 16.1 Å². The van der Waals surface area contributed by atoms with Gasteiger partial charge in [0.15, 0.2) is 0 Å². The molecule has 1 aliphatic heterocycles. The second-order valence-corrected chi connectivity index (χ2v) is 5.52. The van der Waals surface area contributed by atoms with Gasteiger partial charge in [-0.2, -0.15) is 0 Å². The first-order valence-electron chi connectivity index (χ1n) is 6.06. The molecule has 90 valence electrons. The van der Waals surface area contributed by atoms with Crippen LogP contribution in [-0.2, 0) is 0 Å². The molecular weight excluding hydrogens is 238 g/mol. The standard InChI is InChI=1S/C16H15NS/c1-17-14-9-5-6-10-15(14)18-16(17)12-11-13-7-3-2-4-8-13/h2-12,16H,1H3/b12-11-/t16-/m1/s1. The second-order valence-electron chi connectivity index (χ2n) is 4.36. The number of para-hydroxylation sites is 1. The number of anilines is 1. The lowest BCUT2D eigenvalue weighted by Gasteiger charge is -2.18. The first-order chi connectivity index (χ1) is 8.84. The van der Waals surface area contributed by atoms with Crippen LogP contribution in [0.4, 0.5) is 5.69 Å². The smallest absolute Gasteiger partial charge is 0.0983 e. The van der Waals surface area contributed by atoms with Gasteiger partial charge in [-0.15, -0.1) is 0 Å². The number of benzene rings is 2. The molecule has 18 heavy (non-hydrogen) atoms. The Labute approximate surface area is 112 Å². The van der Waals surface area contributed by atoms with Crippen LogP contribution in [0, 0.1) is 0 Å². The summed E-state index contributed by atoms with van der Waals surface area (Å²) in [7, 11) is 2.15. The first-order valence-corrected chi connectivity index (χ1v) is 6.94. The fourth-order valence-corrected chi connectivity index (χ4v) is 3.30. The van der Waals surface area contributed by atoms with Crippen molar-refractivity contribution in [3.05, 3.63) is 66.2 Å². The van der Waals surface area contributed by atoms with Crippen molar-refractivity contribution < 1.29 is 0 Å². The van der Waals surface area contributed by atoms with Crippen LogP contribution in [0.1, 0.15) is 5.56 Å². The number of hydrogen-bond acceptors (Lipinski definition) is 2. The fourth-order valence-electron chi connectivity index (χ4n) is 2.12. The van der Waals surface area contributed by atoms with Gasteiger partial charge in [0.25, 0.3) is 0 Å². The molecule has 2 aromatic rings. The Morgan fingerprint density at radius 3 is 2.50 bits per heavy atom. The van der Waals surface area contributed by atoms with E-state index in [0.29, 0.717) is 5.37 Å². The lowest BCUT2D eigenvalue weighted by Crippen LogP contribution is -2.21. The molecule has 2 heteroatoms. The third kappa shape index (κ3) is 2.16. The maximum Gasteiger partial charge on any atom is 0.0983 e. The molecule has 0 amide bonds. The molecule has 0 N–H and O–H groups in total. The molecular formula is C16H15NS. The third-order valence-electron chi connectivity index (χ3n) is 3.13. The maximum atomic E-state index is 2.32. The quantitative estimate of drug-likeness (QED) is 0.786. The van der Waals surface area contributed by atoms with Crippen molar-refractivity contribution in [1.29, 1.82) is 0 Å². The molecule has 1 heterocycles. The molecule has 0 radical (unpaired) electrons. The van der Waals surface area contributed by atoms with Crippen LogP contribution in [-0.4, -0.2) is 12.4 Å². The summed E-state index contributed by atoms with van der Waals surface area (Å²) in [5, 5.41) is 0.391. The Balaban J connectivity index is 1.79. The zero-order valence-electron chi connectivity index (χ0n) is 10.3. The largest absolute Gasteiger partial charge is 0.358 e. The van der Waals surface area contributed by atoms with Crippen LogP contribution in [0.3, 0.4) is 0 Å². The Bertz CT molecular complexity index is 562. The summed E-state index contributed by atoms with van der Waals surface area (Å²) in [6.07, 6.45) is 4.46. The second kappa shape index (κ2) is 4.91. The van der Waals surface area contributed by atoms with Crippen LogP contribution < -0.4 is 4.90 Å². The minimum absolute atomic E-state index is 0.391. The minimum atomic E-state index is 0.391. The summed E-state index contributed by atoms with van der Waals surface area (Å²) in [5.41, 5.74) is 2.58. The molecule has 0 saturated carbocycles. The average molecular weight is 253 g/mol. The van der Waals surface area contributed by atoms with Gasteiger partial charge in [-0.3, -0.25) is 0 Å². The summed E-state index contributed by atoms with van der Waals surface area (Å²) < 4.78 is 0. The van der Waals surface area contributed by atoms with Gasteiger partial charge in [0.2, 0.25) is 0 Å².